The van der Waals surface area contributed by atoms with E-state index < -0.39 is 0 Å². The lowest BCUT2D eigenvalue weighted by atomic mass is 10.1. The third kappa shape index (κ3) is 1.72. The van der Waals surface area contributed by atoms with E-state index in [2.05, 4.69) is 18.8 Å². The molecular formula is C11H13NO. The lowest BCUT2D eigenvalue weighted by Gasteiger charge is -1.96. The first-order valence-electron chi connectivity index (χ1n) is 4.60. The molecule has 0 spiro atoms. The lowest BCUT2D eigenvalue weighted by Crippen LogP contribution is -1.93. The summed E-state index contributed by atoms with van der Waals surface area (Å²) in [7, 11) is 0. The van der Waals surface area contributed by atoms with Crippen LogP contribution in [-0.4, -0.2) is 4.98 Å². The second-order valence-electron chi connectivity index (χ2n) is 3.67. The van der Waals surface area contributed by atoms with Crippen LogP contribution in [-0.2, 0) is 6.42 Å². The number of para-hydroxylation sites is 2. The molecule has 0 saturated carbocycles. The lowest BCUT2D eigenvalue weighted by molar-refractivity contribution is 0.482. The van der Waals surface area contributed by atoms with E-state index >= 15 is 0 Å². The van der Waals surface area contributed by atoms with Crippen molar-refractivity contribution in [3.8, 4) is 0 Å². The maximum absolute atomic E-state index is 5.57. The van der Waals surface area contributed by atoms with Crippen LogP contribution in [0.2, 0.25) is 0 Å². The van der Waals surface area contributed by atoms with Crippen molar-refractivity contribution in [1.29, 1.82) is 0 Å². The fourth-order valence-electron chi connectivity index (χ4n) is 1.36. The topological polar surface area (TPSA) is 26.0 Å². The van der Waals surface area contributed by atoms with Gasteiger partial charge in [0, 0.05) is 6.42 Å². The number of hydrogen-bond donors (Lipinski definition) is 0. The SMILES string of the molecule is CC(C)Cc1nc2ccccc2o1. The molecular weight excluding hydrogens is 162 g/mol. The van der Waals surface area contributed by atoms with Crippen molar-refractivity contribution in [2.75, 3.05) is 0 Å². The van der Waals surface area contributed by atoms with Crippen LogP contribution in [0.1, 0.15) is 19.7 Å². The summed E-state index contributed by atoms with van der Waals surface area (Å²) in [5.74, 6) is 1.43. The van der Waals surface area contributed by atoms with Gasteiger partial charge >= 0.3 is 0 Å². The fourth-order valence-corrected chi connectivity index (χ4v) is 1.36. The van der Waals surface area contributed by atoms with Gasteiger partial charge in [-0.1, -0.05) is 26.0 Å². The summed E-state index contributed by atoms with van der Waals surface area (Å²) in [5.41, 5.74) is 1.84. The Morgan fingerprint density at radius 3 is 2.77 bits per heavy atom. The molecule has 2 rings (SSSR count). The van der Waals surface area contributed by atoms with Gasteiger partial charge in [-0.05, 0) is 18.1 Å². The Balaban J connectivity index is 2.38. The molecule has 68 valence electrons. The van der Waals surface area contributed by atoms with Crippen LogP contribution >= 0.6 is 0 Å². The molecule has 0 aliphatic rings. The Kier molecular flexibility index (Phi) is 2.05. The third-order valence-electron chi connectivity index (χ3n) is 1.92. The molecule has 0 saturated heterocycles. The quantitative estimate of drug-likeness (QED) is 0.701. The molecule has 1 heterocycles. The highest BCUT2D eigenvalue weighted by atomic mass is 16.3. The molecule has 0 radical (unpaired) electrons. The largest absolute Gasteiger partial charge is 0.441 e. The summed E-state index contributed by atoms with van der Waals surface area (Å²) in [6.07, 6.45) is 0.911. The van der Waals surface area contributed by atoms with Crippen LogP contribution in [0.3, 0.4) is 0 Å². The number of oxazole rings is 1. The third-order valence-corrected chi connectivity index (χ3v) is 1.92. The monoisotopic (exact) mass is 175 g/mol. The second-order valence-corrected chi connectivity index (χ2v) is 3.67. The highest BCUT2D eigenvalue weighted by Gasteiger charge is 2.05. The van der Waals surface area contributed by atoms with Crippen LogP contribution in [0.4, 0.5) is 0 Å². The Morgan fingerprint density at radius 2 is 2.08 bits per heavy atom. The zero-order valence-corrected chi connectivity index (χ0v) is 7.95. The highest BCUT2D eigenvalue weighted by Crippen LogP contribution is 2.16. The van der Waals surface area contributed by atoms with E-state index in [0.717, 1.165) is 23.4 Å². The number of rotatable bonds is 2. The molecule has 2 heteroatoms. The molecule has 0 fully saturated rings. The standard InChI is InChI=1S/C11H13NO/c1-8(2)7-11-12-9-5-3-4-6-10(9)13-11/h3-6,8H,7H2,1-2H3. The van der Waals surface area contributed by atoms with Crippen molar-refractivity contribution in [3.05, 3.63) is 30.2 Å². The maximum Gasteiger partial charge on any atom is 0.195 e. The first kappa shape index (κ1) is 8.30. The molecule has 0 atom stereocenters. The summed E-state index contributed by atoms with van der Waals surface area (Å²) in [5, 5.41) is 0. The Hall–Kier alpha value is -1.31. The zero-order valence-electron chi connectivity index (χ0n) is 7.95. The summed E-state index contributed by atoms with van der Waals surface area (Å²) < 4.78 is 5.57. The first-order chi connectivity index (χ1) is 6.25. The van der Waals surface area contributed by atoms with Gasteiger partial charge in [-0.25, -0.2) is 4.98 Å². The van der Waals surface area contributed by atoms with Crippen LogP contribution in [0.25, 0.3) is 11.1 Å². The van der Waals surface area contributed by atoms with Gasteiger partial charge in [0.15, 0.2) is 11.5 Å². The van der Waals surface area contributed by atoms with E-state index in [-0.39, 0.29) is 0 Å². The molecule has 0 amide bonds. The minimum atomic E-state index is 0.591. The normalized spacial score (nSPS) is 11.3. The maximum atomic E-state index is 5.57. The molecule has 1 aromatic heterocycles. The first-order valence-corrected chi connectivity index (χ1v) is 4.60. The second kappa shape index (κ2) is 3.21. The molecule has 1 aromatic carbocycles. The Morgan fingerprint density at radius 1 is 1.31 bits per heavy atom. The van der Waals surface area contributed by atoms with Crippen molar-refractivity contribution in [2.45, 2.75) is 20.3 Å². The van der Waals surface area contributed by atoms with Crippen molar-refractivity contribution < 1.29 is 4.42 Å². The average molecular weight is 175 g/mol. The predicted molar refractivity (Wildman–Crippen MR) is 52.6 cm³/mol. The number of nitrogens with zero attached hydrogens (tertiary/aromatic N) is 1. The fraction of sp³-hybridized carbons (Fsp3) is 0.364. The molecule has 0 unspecified atom stereocenters. The average Bonchev–Trinajstić information content (AvgIpc) is 2.44. The summed E-state index contributed by atoms with van der Waals surface area (Å²) in [4.78, 5) is 4.39. The number of fused-ring (bicyclic) bond motifs is 1. The summed E-state index contributed by atoms with van der Waals surface area (Å²) in [6.45, 7) is 4.32. The van der Waals surface area contributed by atoms with Gasteiger partial charge in [0.25, 0.3) is 0 Å². The van der Waals surface area contributed by atoms with E-state index in [1.165, 1.54) is 0 Å². The molecule has 13 heavy (non-hydrogen) atoms. The van der Waals surface area contributed by atoms with Gasteiger partial charge in [0.2, 0.25) is 0 Å². The van der Waals surface area contributed by atoms with E-state index in [9.17, 15) is 0 Å². The van der Waals surface area contributed by atoms with Gasteiger partial charge in [-0.2, -0.15) is 0 Å². The smallest absolute Gasteiger partial charge is 0.195 e. The van der Waals surface area contributed by atoms with Crippen LogP contribution in [0.5, 0.6) is 0 Å². The van der Waals surface area contributed by atoms with Gasteiger partial charge in [0.05, 0.1) is 0 Å². The van der Waals surface area contributed by atoms with Crippen molar-refractivity contribution >= 4 is 11.1 Å². The molecule has 0 aliphatic carbocycles. The van der Waals surface area contributed by atoms with Gasteiger partial charge in [-0.15, -0.1) is 0 Å². The number of hydrogen-bond acceptors (Lipinski definition) is 2. The van der Waals surface area contributed by atoms with Crippen molar-refractivity contribution in [3.63, 3.8) is 0 Å². The van der Waals surface area contributed by atoms with Crippen molar-refractivity contribution in [2.24, 2.45) is 5.92 Å². The number of aromatic nitrogens is 1. The van der Waals surface area contributed by atoms with Crippen LogP contribution in [0, 0.1) is 5.92 Å². The number of benzene rings is 1. The molecule has 0 bridgehead atoms. The van der Waals surface area contributed by atoms with Gasteiger partial charge < -0.3 is 4.42 Å². The van der Waals surface area contributed by atoms with Crippen molar-refractivity contribution in [1.82, 2.24) is 4.98 Å². The Labute approximate surface area is 77.6 Å². The highest BCUT2D eigenvalue weighted by molar-refractivity contribution is 5.72. The molecule has 0 N–H and O–H groups in total. The molecule has 0 aliphatic heterocycles. The molecule has 2 nitrogen and oxygen atoms in total. The van der Waals surface area contributed by atoms with E-state index in [1.54, 1.807) is 0 Å². The molecule has 2 aromatic rings. The minimum Gasteiger partial charge on any atom is -0.441 e. The van der Waals surface area contributed by atoms with Crippen LogP contribution < -0.4 is 0 Å². The van der Waals surface area contributed by atoms with E-state index in [4.69, 9.17) is 4.42 Å². The van der Waals surface area contributed by atoms with Crippen LogP contribution in [0.15, 0.2) is 28.7 Å². The van der Waals surface area contributed by atoms with Gasteiger partial charge in [-0.3, -0.25) is 0 Å². The summed E-state index contributed by atoms with van der Waals surface area (Å²) >= 11 is 0. The van der Waals surface area contributed by atoms with E-state index in [1.807, 2.05) is 24.3 Å². The Bertz CT molecular complexity index is 370. The minimum absolute atomic E-state index is 0.591. The zero-order chi connectivity index (χ0) is 9.26. The van der Waals surface area contributed by atoms with Gasteiger partial charge in [0.1, 0.15) is 5.52 Å². The van der Waals surface area contributed by atoms with E-state index in [0.29, 0.717) is 5.92 Å². The summed E-state index contributed by atoms with van der Waals surface area (Å²) in [6, 6.07) is 7.87. The predicted octanol–water partition coefficient (Wildman–Crippen LogP) is 3.03.